The quantitative estimate of drug-likeness (QED) is 0.444. The number of amides is 1. The van der Waals surface area contributed by atoms with E-state index in [1.165, 1.54) is 0 Å². The van der Waals surface area contributed by atoms with Gasteiger partial charge in [-0.2, -0.15) is 11.8 Å². The van der Waals surface area contributed by atoms with Gasteiger partial charge in [0.05, 0.1) is 0 Å². The lowest BCUT2D eigenvalue weighted by Gasteiger charge is -2.06. The molecule has 0 aliphatic heterocycles. The Bertz CT molecular complexity index is 650. The van der Waals surface area contributed by atoms with Crippen molar-refractivity contribution in [3.05, 3.63) is 64.1 Å². The Balaban J connectivity index is 1.53. The first kappa shape index (κ1) is 19.5. The van der Waals surface area contributed by atoms with Crippen LogP contribution in [-0.4, -0.2) is 24.0 Å². The van der Waals surface area contributed by atoms with E-state index in [9.17, 15) is 4.79 Å². The van der Waals surface area contributed by atoms with Gasteiger partial charge in [0.15, 0.2) is 0 Å². The Morgan fingerprint density at radius 1 is 1.00 bits per heavy atom. The smallest absolute Gasteiger partial charge is 0.220 e. The third kappa shape index (κ3) is 7.39. The van der Waals surface area contributed by atoms with Gasteiger partial charge < -0.3 is 5.32 Å². The molecule has 0 heterocycles. The summed E-state index contributed by atoms with van der Waals surface area (Å²) >= 11 is 15.4. The Labute approximate surface area is 161 Å². The Kier molecular flexibility index (Phi) is 8.89. The highest BCUT2D eigenvalue weighted by atomic mass is 35.5. The Hall–Kier alpha value is -0.810. The van der Waals surface area contributed by atoms with Crippen LogP contribution in [0.25, 0.3) is 0 Å². The zero-order valence-electron chi connectivity index (χ0n) is 13.1. The zero-order valence-corrected chi connectivity index (χ0v) is 16.3. The normalized spacial score (nSPS) is 10.6. The van der Waals surface area contributed by atoms with Crippen LogP contribution < -0.4 is 5.32 Å². The van der Waals surface area contributed by atoms with E-state index >= 15 is 0 Å². The molecular formula is C18H19Cl2NOS2. The van der Waals surface area contributed by atoms with Gasteiger partial charge in [0.25, 0.3) is 0 Å². The third-order valence-corrected chi connectivity index (χ3v) is 5.84. The van der Waals surface area contributed by atoms with Crippen molar-refractivity contribution in [1.29, 1.82) is 0 Å². The van der Waals surface area contributed by atoms with Gasteiger partial charge in [-0.1, -0.05) is 41.4 Å². The van der Waals surface area contributed by atoms with Crippen molar-refractivity contribution in [3.63, 3.8) is 0 Å². The maximum absolute atomic E-state index is 11.8. The first-order valence-corrected chi connectivity index (χ1v) is 10.5. The van der Waals surface area contributed by atoms with E-state index in [1.54, 1.807) is 23.5 Å². The van der Waals surface area contributed by atoms with Crippen molar-refractivity contribution in [1.82, 2.24) is 5.32 Å². The van der Waals surface area contributed by atoms with Crippen LogP contribution in [0.2, 0.25) is 10.0 Å². The number of rotatable bonds is 9. The summed E-state index contributed by atoms with van der Waals surface area (Å²) in [5.41, 5.74) is 1.13. The van der Waals surface area contributed by atoms with E-state index in [2.05, 4.69) is 5.32 Å². The SMILES string of the molecule is O=C(CCSc1ccc(Cl)cc1)NCCSCc1ccccc1Cl. The van der Waals surface area contributed by atoms with Crippen molar-refractivity contribution < 1.29 is 4.79 Å². The molecule has 2 nitrogen and oxygen atoms in total. The molecule has 0 aromatic heterocycles. The van der Waals surface area contributed by atoms with Crippen molar-refractivity contribution >= 4 is 52.6 Å². The number of thioether (sulfide) groups is 2. The molecule has 2 aromatic carbocycles. The number of benzene rings is 2. The van der Waals surface area contributed by atoms with Gasteiger partial charge in [0.2, 0.25) is 5.91 Å². The van der Waals surface area contributed by atoms with Crippen LogP contribution in [-0.2, 0) is 10.5 Å². The summed E-state index contributed by atoms with van der Waals surface area (Å²) in [7, 11) is 0. The molecule has 6 heteroatoms. The standard InChI is InChI=1S/C18H19Cl2NOS2/c19-15-5-7-16(8-6-15)24-11-9-18(22)21-10-12-23-13-14-3-1-2-4-17(14)20/h1-8H,9-13H2,(H,21,22). The van der Waals surface area contributed by atoms with Gasteiger partial charge in [0, 0.05) is 45.2 Å². The third-order valence-electron chi connectivity index (χ3n) is 3.20. The summed E-state index contributed by atoms with van der Waals surface area (Å²) in [6, 6.07) is 15.5. The molecule has 0 radical (unpaired) electrons. The molecule has 0 spiro atoms. The van der Waals surface area contributed by atoms with E-state index in [1.807, 2.05) is 48.5 Å². The lowest BCUT2D eigenvalue weighted by atomic mass is 10.2. The molecule has 128 valence electrons. The van der Waals surface area contributed by atoms with Gasteiger partial charge in [-0.05, 0) is 35.9 Å². The molecule has 1 N–H and O–H groups in total. The van der Waals surface area contributed by atoms with Crippen molar-refractivity contribution in [2.24, 2.45) is 0 Å². The van der Waals surface area contributed by atoms with Crippen LogP contribution in [0.4, 0.5) is 0 Å². The summed E-state index contributed by atoms with van der Waals surface area (Å²) in [6.07, 6.45) is 0.516. The summed E-state index contributed by atoms with van der Waals surface area (Å²) < 4.78 is 0. The molecule has 0 bridgehead atoms. The molecule has 0 unspecified atom stereocenters. The van der Waals surface area contributed by atoms with E-state index in [-0.39, 0.29) is 5.91 Å². The minimum Gasteiger partial charge on any atom is -0.355 e. The van der Waals surface area contributed by atoms with Crippen molar-refractivity contribution in [2.45, 2.75) is 17.1 Å². The number of nitrogens with one attached hydrogen (secondary N) is 1. The Morgan fingerprint density at radius 3 is 2.50 bits per heavy atom. The van der Waals surface area contributed by atoms with Crippen LogP contribution in [0.15, 0.2) is 53.4 Å². The first-order chi connectivity index (χ1) is 11.6. The fourth-order valence-electron chi connectivity index (χ4n) is 1.94. The number of halogens is 2. The number of carbonyl (C=O) groups is 1. The molecule has 0 aliphatic carbocycles. The van der Waals surface area contributed by atoms with Crippen LogP contribution in [0.3, 0.4) is 0 Å². The highest BCUT2D eigenvalue weighted by molar-refractivity contribution is 7.99. The second-order valence-electron chi connectivity index (χ2n) is 5.05. The molecule has 24 heavy (non-hydrogen) atoms. The maximum Gasteiger partial charge on any atom is 0.220 e. The van der Waals surface area contributed by atoms with Gasteiger partial charge >= 0.3 is 0 Å². The number of carbonyl (C=O) groups excluding carboxylic acids is 1. The van der Waals surface area contributed by atoms with E-state index in [0.29, 0.717) is 13.0 Å². The minimum atomic E-state index is 0.0924. The number of hydrogen-bond acceptors (Lipinski definition) is 3. The molecule has 1 amide bonds. The lowest BCUT2D eigenvalue weighted by molar-refractivity contribution is -0.120. The molecular weight excluding hydrogens is 381 g/mol. The van der Waals surface area contributed by atoms with Crippen molar-refractivity contribution in [3.8, 4) is 0 Å². The molecule has 0 fully saturated rings. The van der Waals surface area contributed by atoms with Gasteiger partial charge in [-0.15, -0.1) is 11.8 Å². The monoisotopic (exact) mass is 399 g/mol. The van der Waals surface area contributed by atoms with Crippen LogP contribution in [0.1, 0.15) is 12.0 Å². The number of hydrogen-bond donors (Lipinski definition) is 1. The highest BCUT2D eigenvalue weighted by Crippen LogP contribution is 2.21. The molecule has 0 atom stereocenters. The predicted molar refractivity (Wildman–Crippen MR) is 107 cm³/mol. The van der Waals surface area contributed by atoms with Crippen LogP contribution in [0.5, 0.6) is 0 Å². The zero-order chi connectivity index (χ0) is 17.2. The highest BCUT2D eigenvalue weighted by Gasteiger charge is 2.03. The summed E-state index contributed by atoms with van der Waals surface area (Å²) in [4.78, 5) is 12.9. The molecule has 0 saturated heterocycles. The predicted octanol–water partition coefficient (Wildman–Crippen LogP) is 5.53. The molecule has 2 rings (SSSR count). The first-order valence-electron chi connectivity index (χ1n) is 7.61. The lowest BCUT2D eigenvalue weighted by Crippen LogP contribution is -2.25. The van der Waals surface area contributed by atoms with Gasteiger partial charge in [0.1, 0.15) is 0 Å². The Morgan fingerprint density at radius 2 is 1.75 bits per heavy atom. The second kappa shape index (κ2) is 10.9. The minimum absolute atomic E-state index is 0.0924. The van der Waals surface area contributed by atoms with Gasteiger partial charge in [-0.25, -0.2) is 0 Å². The molecule has 0 saturated carbocycles. The summed E-state index contributed by atoms with van der Waals surface area (Å²) in [5.74, 6) is 2.60. The van der Waals surface area contributed by atoms with Gasteiger partial charge in [-0.3, -0.25) is 4.79 Å². The average Bonchev–Trinajstić information content (AvgIpc) is 2.58. The van der Waals surface area contributed by atoms with E-state index in [4.69, 9.17) is 23.2 Å². The topological polar surface area (TPSA) is 29.1 Å². The molecule has 2 aromatic rings. The average molecular weight is 400 g/mol. The summed E-state index contributed by atoms with van der Waals surface area (Å²) in [5, 5.41) is 4.48. The van der Waals surface area contributed by atoms with E-state index in [0.717, 1.165) is 37.8 Å². The molecule has 0 aliphatic rings. The largest absolute Gasteiger partial charge is 0.355 e. The van der Waals surface area contributed by atoms with Crippen LogP contribution in [0, 0.1) is 0 Å². The fourth-order valence-corrected chi connectivity index (χ4v) is 4.06. The second-order valence-corrected chi connectivity index (χ2v) is 8.16. The van der Waals surface area contributed by atoms with Crippen molar-refractivity contribution in [2.75, 3.05) is 18.1 Å². The maximum atomic E-state index is 11.8. The fraction of sp³-hybridized carbons (Fsp3) is 0.278. The van der Waals surface area contributed by atoms with Crippen LogP contribution >= 0.6 is 46.7 Å². The summed E-state index contributed by atoms with van der Waals surface area (Å²) in [6.45, 7) is 0.680. The van der Waals surface area contributed by atoms with E-state index < -0.39 is 0 Å².